The predicted octanol–water partition coefficient (Wildman–Crippen LogP) is 3.00. The first-order valence-corrected chi connectivity index (χ1v) is 7.83. The first-order valence-electron chi connectivity index (χ1n) is 6.24. The smallest absolute Gasteiger partial charge is 0.253 e. The summed E-state index contributed by atoms with van der Waals surface area (Å²) in [6.45, 7) is 0. The molecule has 0 bridgehead atoms. The fourth-order valence-electron chi connectivity index (χ4n) is 2.48. The third kappa shape index (κ3) is 2.98. The van der Waals surface area contributed by atoms with Gasteiger partial charge in [0, 0.05) is 8.95 Å². The van der Waals surface area contributed by atoms with E-state index in [1.807, 2.05) is 6.07 Å². The number of amides is 1. The van der Waals surface area contributed by atoms with E-state index in [1.165, 1.54) is 0 Å². The number of amidine groups is 1. The first-order chi connectivity index (χ1) is 9.48. The van der Waals surface area contributed by atoms with Gasteiger partial charge in [-0.15, -0.1) is 0 Å². The Balaban J connectivity index is 2.27. The lowest BCUT2D eigenvalue weighted by Crippen LogP contribution is -2.55. The normalized spacial score (nSPS) is 18.0. The average Bonchev–Trinajstić information content (AvgIpc) is 2.90. The number of nitrogens with zero attached hydrogens (tertiary/aromatic N) is 1. The van der Waals surface area contributed by atoms with E-state index in [1.54, 1.807) is 12.1 Å². The van der Waals surface area contributed by atoms with Gasteiger partial charge >= 0.3 is 0 Å². The standard InChI is InChI=1S/C13H15Br2N3O2/c14-8-3-4-10(15)9(7-8)11(19)17-13(12(16)18-20)5-1-2-6-13/h3-4,7,20H,1-2,5-6H2,(H2,16,18)(H,17,19). The quantitative estimate of drug-likeness (QED) is 0.313. The van der Waals surface area contributed by atoms with E-state index >= 15 is 0 Å². The lowest BCUT2D eigenvalue weighted by atomic mass is 9.95. The number of oxime groups is 1. The van der Waals surface area contributed by atoms with Crippen LogP contribution in [0.15, 0.2) is 32.3 Å². The zero-order chi connectivity index (χ0) is 14.8. The van der Waals surface area contributed by atoms with Gasteiger partial charge in [-0.3, -0.25) is 4.79 Å². The summed E-state index contributed by atoms with van der Waals surface area (Å²) in [5.74, 6) is -0.179. The molecule has 0 heterocycles. The molecular formula is C13H15Br2N3O2. The molecule has 0 atom stereocenters. The molecule has 1 amide bonds. The second-order valence-electron chi connectivity index (χ2n) is 4.85. The van der Waals surface area contributed by atoms with Gasteiger partial charge in [-0.25, -0.2) is 0 Å². The summed E-state index contributed by atoms with van der Waals surface area (Å²) in [4.78, 5) is 12.4. The van der Waals surface area contributed by atoms with Crippen LogP contribution in [0.2, 0.25) is 0 Å². The van der Waals surface area contributed by atoms with Gasteiger partial charge in [0.05, 0.1) is 5.56 Å². The molecule has 0 aliphatic heterocycles. The molecule has 2 rings (SSSR count). The summed E-state index contributed by atoms with van der Waals surface area (Å²) in [6, 6.07) is 5.37. The Morgan fingerprint density at radius 2 is 2.00 bits per heavy atom. The van der Waals surface area contributed by atoms with Crippen LogP contribution >= 0.6 is 31.9 Å². The van der Waals surface area contributed by atoms with Crippen molar-refractivity contribution in [3.8, 4) is 0 Å². The Kier molecular flexibility index (Phi) is 4.70. The van der Waals surface area contributed by atoms with Crippen LogP contribution in [0.3, 0.4) is 0 Å². The van der Waals surface area contributed by atoms with Crippen molar-refractivity contribution in [1.82, 2.24) is 5.32 Å². The largest absolute Gasteiger partial charge is 0.409 e. The molecule has 0 unspecified atom stereocenters. The highest BCUT2D eigenvalue weighted by molar-refractivity contribution is 9.11. The lowest BCUT2D eigenvalue weighted by molar-refractivity contribution is 0.0922. The minimum Gasteiger partial charge on any atom is -0.409 e. The van der Waals surface area contributed by atoms with Crippen LogP contribution < -0.4 is 11.1 Å². The number of halogens is 2. The van der Waals surface area contributed by atoms with E-state index in [4.69, 9.17) is 10.9 Å². The number of rotatable bonds is 3. The van der Waals surface area contributed by atoms with Gasteiger partial charge in [-0.05, 0) is 47.0 Å². The summed E-state index contributed by atoms with van der Waals surface area (Å²) in [5, 5.41) is 14.9. The Labute approximate surface area is 133 Å². The van der Waals surface area contributed by atoms with Gasteiger partial charge < -0.3 is 16.3 Å². The van der Waals surface area contributed by atoms with E-state index in [0.29, 0.717) is 22.9 Å². The molecule has 0 aromatic heterocycles. The molecule has 5 nitrogen and oxygen atoms in total. The number of nitrogens with one attached hydrogen (secondary N) is 1. The summed E-state index contributed by atoms with van der Waals surface area (Å²) in [7, 11) is 0. The van der Waals surface area contributed by atoms with Gasteiger partial charge in [-0.1, -0.05) is 33.9 Å². The highest BCUT2D eigenvalue weighted by Gasteiger charge is 2.40. The molecule has 0 saturated heterocycles. The molecule has 7 heteroatoms. The molecule has 0 spiro atoms. The number of hydrogen-bond donors (Lipinski definition) is 3. The molecule has 20 heavy (non-hydrogen) atoms. The summed E-state index contributed by atoms with van der Waals surface area (Å²) in [5.41, 5.74) is 5.54. The van der Waals surface area contributed by atoms with Crippen LogP contribution in [-0.2, 0) is 0 Å². The second-order valence-corrected chi connectivity index (χ2v) is 6.62. The zero-order valence-electron chi connectivity index (χ0n) is 10.7. The van der Waals surface area contributed by atoms with Crippen LogP contribution in [0.5, 0.6) is 0 Å². The average molecular weight is 405 g/mol. The van der Waals surface area contributed by atoms with Crippen LogP contribution in [-0.4, -0.2) is 22.5 Å². The molecular weight excluding hydrogens is 390 g/mol. The first kappa shape index (κ1) is 15.3. The molecule has 1 saturated carbocycles. The van der Waals surface area contributed by atoms with Crippen molar-refractivity contribution in [2.45, 2.75) is 31.2 Å². The third-order valence-corrected chi connectivity index (χ3v) is 4.77. The van der Waals surface area contributed by atoms with Crippen molar-refractivity contribution in [3.63, 3.8) is 0 Å². The molecule has 1 aliphatic carbocycles. The Morgan fingerprint density at radius 1 is 1.35 bits per heavy atom. The maximum Gasteiger partial charge on any atom is 0.253 e. The van der Waals surface area contributed by atoms with Crippen molar-refractivity contribution in [1.29, 1.82) is 0 Å². The van der Waals surface area contributed by atoms with E-state index in [-0.39, 0.29) is 11.7 Å². The number of nitrogens with two attached hydrogens (primary N) is 1. The van der Waals surface area contributed by atoms with Crippen LogP contribution in [0.25, 0.3) is 0 Å². The van der Waals surface area contributed by atoms with E-state index in [0.717, 1.165) is 17.3 Å². The maximum atomic E-state index is 12.4. The fraction of sp³-hybridized carbons (Fsp3) is 0.385. The van der Waals surface area contributed by atoms with E-state index in [2.05, 4.69) is 42.3 Å². The molecule has 1 aliphatic rings. The molecule has 1 fully saturated rings. The Morgan fingerprint density at radius 3 is 2.60 bits per heavy atom. The SMILES string of the molecule is N/C(=N/O)C1(NC(=O)c2cc(Br)ccc2Br)CCCC1. The Bertz CT molecular complexity index is 555. The van der Waals surface area contributed by atoms with Gasteiger partial charge in [0.15, 0.2) is 5.84 Å². The molecule has 108 valence electrons. The molecule has 4 N–H and O–H groups in total. The topological polar surface area (TPSA) is 87.7 Å². The maximum absolute atomic E-state index is 12.4. The van der Waals surface area contributed by atoms with Crippen molar-refractivity contribution in [3.05, 3.63) is 32.7 Å². The number of carbonyl (C=O) groups is 1. The second kappa shape index (κ2) is 6.13. The fourth-order valence-corrected chi connectivity index (χ4v) is 3.26. The van der Waals surface area contributed by atoms with Crippen LogP contribution in [0.1, 0.15) is 36.0 Å². The van der Waals surface area contributed by atoms with Crippen molar-refractivity contribution >= 4 is 43.6 Å². The van der Waals surface area contributed by atoms with Crippen LogP contribution in [0, 0.1) is 0 Å². The van der Waals surface area contributed by atoms with Gasteiger partial charge in [0.2, 0.25) is 0 Å². The third-order valence-electron chi connectivity index (χ3n) is 3.58. The number of benzene rings is 1. The monoisotopic (exact) mass is 403 g/mol. The Hall–Kier alpha value is -1.08. The van der Waals surface area contributed by atoms with E-state index in [9.17, 15) is 4.79 Å². The molecule has 1 aromatic rings. The minimum absolute atomic E-state index is 0.0643. The van der Waals surface area contributed by atoms with Gasteiger partial charge in [0.25, 0.3) is 5.91 Å². The molecule has 1 aromatic carbocycles. The van der Waals surface area contributed by atoms with Gasteiger partial charge in [0.1, 0.15) is 5.54 Å². The summed E-state index contributed by atoms with van der Waals surface area (Å²) < 4.78 is 1.51. The number of hydrogen-bond acceptors (Lipinski definition) is 3. The lowest BCUT2D eigenvalue weighted by Gasteiger charge is -2.29. The summed E-state index contributed by atoms with van der Waals surface area (Å²) >= 11 is 6.70. The predicted molar refractivity (Wildman–Crippen MR) is 83.9 cm³/mol. The molecule has 0 radical (unpaired) electrons. The highest BCUT2D eigenvalue weighted by atomic mass is 79.9. The summed E-state index contributed by atoms with van der Waals surface area (Å²) in [6.07, 6.45) is 3.24. The van der Waals surface area contributed by atoms with E-state index < -0.39 is 5.54 Å². The van der Waals surface area contributed by atoms with Crippen molar-refractivity contribution in [2.75, 3.05) is 0 Å². The minimum atomic E-state index is -0.742. The van der Waals surface area contributed by atoms with Crippen molar-refractivity contribution < 1.29 is 10.0 Å². The number of carbonyl (C=O) groups excluding carboxylic acids is 1. The van der Waals surface area contributed by atoms with Gasteiger partial charge in [-0.2, -0.15) is 0 Å². The zero-order valence-corrected chi connectivity index (χ0v) is 13.9. The van der Waals surface area contributed by atoms with Crippen LogP contribution in [0.4, 0.5) is 0 Å². The highest BCUT2D eigenvalue weighted by Crippen LogP contribution is 2.31. The van der Waals surface area contributed by atoms with Crippen molar-refractivity contribution in [2.24, 2.45) is 10.9 Å².